The second-order valence-corrected chi connectivity index (χ2v) is 9.18. The van der Waals surface area contributed by atoms with Gasteiger partial charge in [0.25, 0.3) is 0 Å². The maximum Gasteiger partial charge on any atom is 3.00 e. The van der Waals surface area contributed by atoms with Crippen molar-refractivity contribution >= 4 is 0 Å². The second kappa shape index (κ2) is 14.1. The van der Waals surface area contributed by atoms with E-state index in [1.54, 1.807) is 0 Å². The van der Waals surface area contributed by atoms with Gasteiger partial charge < -0.3 is 34.6 Å². The predicted octanol–water partition coefficient (Wildman–Crippen LogP) is 3.99. The van der Waals surface area contributed by atoms with Crippen molar-refractivity contribution < 1.29 is 64.8 Å². The molecule has 2 aliphatic carbocycles. The Balaban J connectivity index is 0. The van der Waals surface area contributed by atoms with Gasteiger partial charge in [-0.1, -0.05) is 106 Å². The molecule has 0 unspecified atom stereocenters. The van der Waals surface area contributed by atoms with Crippen LogP contribution in [0.1, 0.15) is 106 Å². The van der Waals surface area contributed by atoms with E-state index in [4.69, 9.17) is 10.6 Å². The summed E-state index contributed by atoms with van der Waals surface area (Å²) in [5, 5.41) is 9.54. The van der Waals surface area contributed by atoms with Crippen LogP contribution >= 0.6 is 0 Å². The van der Waals surface area contributed by atoms with Crippen molar-refractivity contribution in [3.63, 3.8) is 0 Å². The molecule has 0 bridgehead atoms. The number of halogens is 1. The molecule has 141 valence electrons. The molecule has 24 heavy (non-hydrogen) atoms. The first-order valence-electron chi connectivity index (χ1n) is 9.60. The van der Waals surface area contributed by atoms with Crippen molar-refractivity contribution in [2.24, 2.45) is 0 Å². The van der Waals surface area contributed by atoms with E-state index in [1.807, 2.05) is 0 Å². The molecular weight excluding hydrogens is 539 g/mol. The Morgan fingerprint density at radius 2 is 0.792 bits per heavy atom. The fourth-order valence-corrected chi connectivity index (χ4v) is 3.52. The van der Waals surface area contributed by atoms with E-state index in [0.29, 0.717) is 12.1 Å². The SMILES string of the molecule is CC(C)(C)[N-]C1CCCCC1.CC(C)(C)[N-]C1CCCCC1.[I-].[Nd+3]. The molecule has 0 aromatic rings. The largest absolute Gasteiger partial charge is 3.00 e. The summed E-state index contributed by atoms with van der Waals surface area (Å²) in [5.74, 6) is 0. The molecule has 2 rings (SSSR count). The molecule has 2 nitrogen and oxygen atoms in total. The maximum absolute atomic E-state index is 4.77. The van der Waals surface area contributed by atoms with Crippen molar-refractivity contribution in [1.29, 1.82) is 0 Å². The summed E-state index contributed by atoms with van der Waals surface area (Å²) >= 11 is 0. The second-order valence-electron chi connectivity index (χ2n) is 9.18. The van der Waals surface area contributed by atoms with Crippen molar-refractivity contribution in [3.8, 4) is 0 Å². The molecule has 0 aromatic carbocycles. The minimum absolute atomic E-state index is 0. The molecular formula is C20H40IN2Nd. The van der Waals surface area contributed by atoms with Gasteiger partial charge in [0.15, 0.2) is 0 Å². The molecule has 2 saturated carbocycles. The average molecular weight is 580 g/mol. The average Bonchev–Trinajstić information content (AvgIpc) is 2.38. The molecule has 0 amide bonds. The number of hydrogen-bond acceptors (Lipinski definition) is 0. The topological polar surface area (TPSA) is 28.2 Å². The van der Waals surface area contributed by atoms with E-state index in [0.717, 1.165) is 0 Å². The Kier molecular flexibility index (Phi) is 16.5. The van der Waals surface area contributed by atoms with E-state index in [9.17, 15) is 0 Å². The number of rotatable bonds is 2. The Morgan fingerprint density at radius 3 is 1.00 bits per heavy atom. The quantitative estimate of drug-likeness (QED) is 0.443. The third kappa shape index (κ3) is 16.2. The molecule has 0 spiro atoms. The van der Waals surface area contributed by atoms with Crippen LogP contribution in [0.3, 0.4) is 0 Å². The van der Waals surface area contributed by atoms with Crippen LogP contribution in [0.2, 0.25) is 0 Å². The van der Waals surface area contributed by atoms with Gasteiger partial charge in [-0.25, -0.2) is 0 Å². The first-order chi connectivity index (χ1) is 10.2. The summed E-state index contributed by atoms with van der Waals surface area (Å²) < 4.78 is 0. The normalized spacial score (nSPS) is 20.2. The Morgan fingerprint density at radius 1 is 0.542 bits per heavy atom. The third-order valence-electron chi connectivity index (χ3n) is 4.29. The van der Waals surface area contributed by atoms with Crippen LogP contribution in [0.4, 0.5) is 0 Å². The standard InChI is InChI=1S/2C10H20N.HI.Nd/c2*1-10(2,3)11-9-7-5-4-6-8-9;;/h2*9H,4-8H2,1-3H3;1H;/q2*-1;;+3/p-1. The monoisotopic (exact) mass is 577 g/mol. The van der Waals surface area contributed by atoms with Gasteiger partial charge in [0, 0.05) is 0 Å². The molecule has 1 radical (unpaired) electrons. The van der Waals surface area contributed by atoms with E-state index in [1.165, 1.54) is 64.2 Å². The molecule has 0 aromatic heterocycles. The van der Waals surface area contributed by atoms with E-state index < -0.39 is 0 Å². The molecule has 0 heterocycles. The fourth-order valence-electron chi connectivity index (χ4n) is 3.52. The summed E-state index contributed by atoms with van der Waals surface area (Å²) in [5.41, 5.74) is 0.365. The molecule has 4 heteroatoms. The summed E-state index contributed by atoms with van der Waals surface area (Å²) in [6, 6.07) is 1.34. The van der Waals surface area contributed by atoms with Crippen LogP contribution in [-0.4, -0.2) is 23.2 Å². The molecule has 0 aliphatic heterocycles. The van der Waals surface area contributed by atoms with Crippen LogP contribution in [0, 0.1) is 40.8 Å². The summed E-state index contributed by atoms with van der Waals surface area (Å²) in [6.07, 6.45) is 13.7. The Hall–Kier alpha value is 2.00. The van der Waals surface area contributed by atoms with E-state index in [2.05, 4.69) is 41.5 Å². The van der Waals surface area contributed by atoms with Gasteiger partial charge in [0.1, 0.15) is 0 Å². The zero-order valence-corrected chi connectivity index (χ0v) is 22.4. The zero-order valence-electron chi connectivity index (χ0n) is 17.0. The van der Waals surface area contributed by atoms with Gasteiger partial charge in [-0.3, -0.25) is 0 Å². The van der Waals surface area contributed by atoms with Gasteiger partial charge in [0.05, 0.1) is 0 Å². The summed E-state index contributed by atoms with van der Waals surface area (Å²) in [6.45, 7) is 13.2. The predicted molar refractivity (Wildman–Crippen MR) is 100.0 cm³/mol. The van der Waals surface area contributed by atoms with Crippen molar-refractivity contribution in [2.45, 2.75) is 129 Å². The van der Waals surface area contributed by atoms with Crippen molar-refractivity contribution in [3.05, 3.63) is 10.6 Å². The Labute approximate surface area is 202 Å². The smallest absolute Gasteiger partial charge is 1.00 e. The van der Waals surface area contributed by atoms with Crippen molar-refractivity contribution in [2.75, 3.05) is 0 Å². The van der Waals surface area contributed by atoms with Crippen LogP contribution in [0.25, 0.3) is 10.6 Å². The third-order valence-corrected chi connectivity index (χ3v) is 4.29. The van der Waals surface area contributed by atoms with Gasteiger partial charge in [-0.15, -0.1) is 23.2 Å². The molecule has 2 aliphatic rings. The van der Waals surface area contributed by atoms with Gasteiger partial charge in [0.2, 0.25) is 0 Å². The van der Waals surface area contributed by atoms with E-state index >= 15 is 0 Å². The van der Waals surface area contributed by atoms with Crippen LogP contribution in [-0.2, 0) is 0 Å². The Bertz CT molecular complexity index is 255. The van der Waals surface area contributed by atoms with Crippen molar-refractivity contribution in [1.82, 2.24) is 0 Å². The van der Waals surface area contributed by atoms with Crippen LogP contribution in [0.5, 0.6) is 0 Å². The van der Waals surface area contributed by atoms with Gasteiger partial charge >= 0.3 is 40.8 Å². The first kappa shape index (κ1) is 28.2. The number of nitrogens with zero attached hydrogens (tertiary/aromatic N) is 2. The fraction of sp³-hybridized carbons (Fsp3) is 1.00. The van der Waals surface area contributed by atoms with Crippen LogP contribution < -0.4 is 24.0 Å². The van der Waals surface area contributed by atoms with E-state index in [-0.39, 0.29) is 75.9 Å². The zero-order chi connectivity index (χ0) is 16.6. The minimum Gasteiger partial charge on any atom is -1.00 e. The summed E-state index contributed by atoms with van der Waals surface area (Å²) in [7, 11) is 0. The van der Waals surface area contributed by atoms with Crippen LogP contribution in [0.15, 0.2) is 0 Å². The molecule has 0 N–H and O–H groups in total. The molecule has 2 fully saturated rings. The number of hydrogen-bond donors (Lipinski definition) is 0. The minimum atomic E-state index is 0. The molecule has 0 atom stereocenters. The molecule has 0 saturated heterocycles. The maximum atomic E-state index is 4.77. The van der Waals surface area contributed by atoms with Gasteiger partial charge in [-0.05, 0) is 0 Å². The first-order valence-corrected chi connectivity index (χ1v) is 9.60. The van der Waals surface area contributed by atoms with Gasteiger partial charge in [-0.2, -0.15) is 0 Å². The summed E-state index contributed by atoms with van der Waals surface area (Å²) in [4.78, 5) is 0.